The normalized spacial score (nSPS) is 19.7. The van der Waals surface area contributed by atoms with Crippen molar-refractivity contribution in [3.8, 4) is 11.5 Å². The van der Waals surface area contributed by atoms with Crippen LogP contribution in [0.5, 0.6) is 11.5 Å². The van der Waals surface area contributed by atoms with Crippen molar-refractivity contribution in [2.24, 2.45) is 0 Å². The number of aromatic nitrogens is 4. The molecule has 148 valence electrons. The van der Waals surface area contributed by atoms with Gasteiger partial charge in [-0.05, 0) is 60.7 Å². The molecular weight excluding hydrogens is 362 g/mol. The summed E-state index contributed by atoms with van der Waals surface area (Å²) in [6, 6.07) is 4.34. The fourth-order valence-corrected chi connectivity index (χ4v) is 3.85. The third kappa shape index (κ3) is 3.28. The molecule has 1 fully saturated rings. The Morgan fingerprint density at radius 3 is 2.82 bits per heavy atom. The Kier molecular flexibility index (Phi) is 4.89. The van der Waals surface area contributed by atoms with Crippen molar-refractivity contribution in [1.29, 1.82) is 0 Å². The Bertz CT molecular complexity index is 917. The second-order valence-corrected chi connectivity index (χ2v) is 7.11. The summed E-state index contributed by atoms with van der Waals surface area (Å²) in [7, 11) is 1.48. The topological polar surface area (TPSA) is 111 Å². The van der Waals surface area contributed by atoms with Gasteiger partial charge in [-0.3, -0.25) is 0 Å². The second-order valence-electron chi connectivity index (χ2n) is 7.11. The number of tetrazole rings is 1. The fraction of sp³-hybridized carbons (Fsp3) is 0.474. The molecule has 1 atom stereocenters. The van der Waals surface area contributed by atoms with Crippen molar-refractivity contribution in [1.82, 2.24) is 20.2 Å². The van der Waals surface area contributed by atoms with E-state index in [4.69, 9.17) is 9.47 Å². The first kappa shape index (κ1) is 18.3. The van der Waals surface area contributed by atoms with E-state index < -0.39 is 6.04 Å². The number of phenolic OH excluding ortho intramolecular Hbond substituents is 1. The van der Waals surface area contributed by atoms with Crippen LogP contribution in [-0.4, -0.2) is 44.5 Å². The standard InChI is InChI=1S/C19H23N5O4/c1-11-16(18(26)28-13-6-4-3-5-7-13)17(24-19(20-11)21-22-23-24)12-8-9-14(25)15(10-12)27-2/h8-10,13,17,25H,3-7H2,1-2H3,(H,20,21,23). The van der Waals surface area contributed by atoms with Crippen molar-refractivity contribution in [2.75, 3.05) is 12.4 Å². The van der Waals surface area contributed by atoms with E-state index >= 15 is 0 Å². The SMILES string of the molecule is COc1cc(C2C(C(=O)OC3CCCCC3)=C(C)Nc3nnnn32)ccc1O. The number of hydrogen-bond acceptors (Lipinski definition) is 8. The van der Waals surface area contributed by atoms with Crippen LogP contribution in [0.2, 0.25) is 0 Å². The van der Waals surface area contributed by atoms with E-state index in [-0.39, 0.29) is 17.8 Å². The molecule has 9 nitrogen and oxygen atoms in total. The van der Waals surface area contributed by atoms with Crippen LogP contribution in [-0.2, 0) is 9.53 Å². The number of benzene rings is 1. The van der Waals surface area contributed by atoms with E-state index in [2.05, 4.69) is 20.8 Å². The quantitative estimate of drug-likeness (QED) is 0.773. The van der Waals surface area contributed by atoms with Gasteiger partial charge < -0.3 is 19.9 Å². The average Bonchev–Trinajstić information content (AvgIpc) is 3.16. The summed E-state index contributed by atoms with van der Waals surface area (Å²) >= 11 is 0. The molecule has 0 saturated heterocycles. The Labute approximate surface area is 162 Å². The molecule has 9 heteroatoms. The van der Waals surface area contributed by atoms with E-state index in [0.29, 0.717) is 28.5 Å². The predicted octanol–water partition coefficient (Wildman–Crippen LogP) is 2.55. The third-order valence-electron chi connectivity index (χ3n) is 5.28. The van der Waals surface area contributed by atoms with Crippen LogP contribution in [0.3, 0.4) is 0 Å². The fourth-order valence-electron chi connectivity index (χ4n) is 3.85. The van der Waals surface area contributed by atoms with Gasteiger partial charge in [0, 0.05) is 5.70 Å². The monoisotopic (exact) mass is 385 g/mol. The highest BCUT2D eigenvalue weighted by Crippen LogP contribution is 2.38. The van der Waals surface area contributed by atoms with Crippen molar-refractivity contribution >= 4 is 11.9 Å². The number of aromatic hydroxyl groups is 1. The number of nitrogens with one attached hydrogen (secondary N) is 1. The number of anilines is 1. The van der Waals surface area contributed by atoms with Crippen molar-refractivity contribution < 1.29 is 19.4 Å². The van der Waals surface area contributed by atoms with Crippen LogP contribution in [0, 0.1) is 0 Å². The molecule has 1 aliphatic carbocycles. The Morgan fingerprint density at radius 2 is 2.07 bits per heavy atom. The first-order chi connectivity index (χ1) is 13.6. The molecule has 2 heterocycles. The lowest BCUT2D eigenvalue weighted by Gasteiger charge is -2.29. The molecule has 1 aromatic carbocycles. The highest BCUT2D eigenvalue weighted by Gasteiger charge is 2.36. The molecule has 0 bridgehead atoms. The summed E-state index contributed by atoms with van der Waals surface area (Å²) < 4.78 is 12.6. The first-order valence-corrected chi connectivity index (χ1v) is 9.42. The van der Waals surface area contributed by atoms with Gasteiger partial charge in [-0.25, -0.2) is 4.79 Å². The van der Waals surface area contributed by atoms with E-state index in [9.17, 15) is 9.90 Å². The van der Waals surface area contributed by atoms with Gasteiger partial charge in [0.1, 0.15) is 12.1 Å². The molecule has 1 saturated carbocycles. The van der Waals surface area contributed by atoms with Crippen molar-refractivity contribution in [3.05, 3.63) is 35.0 Å². The van der Waals surface area contributed by atoms with Crippen LogP contribution in [0.4, 0.5) is 5.95 Å². The molecule has 1 unspecified atom stereocenters. The van der Waals surface area contributed by atoms with Gasteiger partial charge in [0.25, 0.3) is 0 Å². The molecule has 0 amide bonds. The van der Waals surface area contributed by atoms with Crippen molar-refractivity contribution in [2.45, 2.75) is 51.2 Å². The van der Waals surface area contributed by atoms with Crippen LogP contribution in [0.25, 0.3) is 0 Å². The average molecular weight is 385 g/mol. The van der Waals surface area contributed by atoms with Gasteiger partial charge >= 0.3 is 5.97 Å². The third-order valence-corrected chi connectivity index (χ3v) is 5.28. The zero-order valence-electron chi connectivity index (χ0n) is 15.9. The van der Waals surface area contributed by atoms with E-state index in [1.165, 1.54) is 24.3 Å². The number of nitrogens with zero attached hydrogens (tertiary/aromatic N) is 4. The number of phenols is 1. The molecular formula is C19H23N5O4. The number of rotatable bonds is 4. The minimum Gasteiger partial charge on any atom is -0.504 e. The minimum atomic E-state index is -0.586. The maximum Gasteiger partial charge on any atom is 0.338 e. The lowest BCUT2D eigenvalue weighted by molar-refractivity contribution is -0.146. The van der Waals surface area contributed by atoms with E-state index in [1.54, 1.807) is 19.1 Å². The largest absolute Gasteiger partial charge is 0.504 e. The van der Waals surface area contributed by atoms with Crippen molar-refractivity contribution in [3.63, 3.8) is 0 Å². The molecule has 2 N–H and O–H groups in total. The number of allylic oxidation sites excluding steroid dienone is 1. The number of carbonyl (C=O) groups is 1. The first-order valence-electron chi connectivity index (χ1n) is 9.42. The number of methoxy groups -OCH3 is 1. The number of ether oxygens (including phenoxy) is 2. The molecule has 0 radical (unpaired) electrons. The summed E-state index contributed by atoms with van der Waals surface area (Å²) in [4.78, 5) is 13.1. The second kappa shape index (κ2) is 7.49. The lowest BCUT2D eigenvalue weighted by atomic mass is 9.94. The maximum atomic E-state index is 13.1. The van der Waals surface area contributed by atoms with Gasteiger partial charge in [0.05, 0.1) is 12.7 Å². The van der Waals surface area contributed by atoms with Gasteiger partial charge in [-0.1, -0.05) is 17.6 Å². The smallest absolute Gasteiger partial charge is 0.338 e. The van der Waals surface area contributed by atoms with Gasteiger partial charge in [0.15, 0.2) is 11.5 Å². The Hall–Kier alpha value is -3.10. The van der Waals surface area contributed by atoms with Gasteiger partial charge in [-0.15, -0.1) is 0 Å². The summed E-state index contributed by atoms with van der Waals surface area (Å²) in [5.41, 5.74) is 1.79. The Morgan fingerprint density at radius 1 is 1.29 bits per heavy atom. The van der Waals surface area contributed by atoms with Crippen LogP contribution in [0.1, 0.15) is 50.6 Å². The van der Waals surface area contributed by atoms with E-state index in [0.717, 1.165) is 25.7 Å². The molecule has 0 spiro atoms. The van der Waals surface area contributed by atoms with Crippen LogP contribution < -0.4 is 10.1 Å². The highest BCUT2D eigenvalue weighted by atomic mass is 16.5. The summed E-state index contributed by atoms with van der Waals surface area (Å²) in [5, 5.41) is 24.8. The van der Waals surface area contributed by atoms with Crippen LogP contribution >= 0.6 is 0 Å². The zero-order chi connectivity index (χ0) is 19.7. The highest BCUT2D eigenvalue weighted by molar-refractivity contribution is 5.92. The molecule has 4 rings (SSSR count). The molecule has 28 heavy (non-hydrogen) atoms. The number of fused-ring (bicyclic) bond motifs is 1. The van der Waals surface area contributed by atoms with Gasteiger partial charge in [-0.2, -0.15) is 4.68 Å². The zero-order valence-corrected chi connectivity index (χ0v) is 15.9. The number of carbonyl (C=O) groups excluding carboxylic acids is 1. The number of esters is 1. The Balaban J connectivity index is 1.73. The molecule has 1 aliphatic heterocycles. The van der Waals surface area contributed by atoms with E-state index in [1.807, 2.05) is 0 Å². The van der Waals surface area contributed by atoms with Crippen LogP contribution in [0.15, 0.2) is 29.5 Å². The minimum absolute atomic E-state index is 0.0177. The molecule has 2 aromatic rings. The number of hydrogen-bond donors (Lipinski definition) is 2. The molecule has 1 aromatic heterocycles. The molecule has 2 aliphatic rings. The summed E-state index contributed by atoms with van der Waals surface area (Å²) in [6.07, 6.45) is 5.04. The van der Waals surface area contributed by atoms with Gasteiger partial charge in [0.2, 0.25) is 5.95 Å². The summed E-state index contributed by atoms with van der Waals surface area (Å²) in [6.45, 7) is 1.81. The predicted molar refractivity (Wildman–Crippen MR) is 99.9 cm³/mol. The lowest BCUT2D eigenvalue weighted by Crippen LogP contribution is -2.32. The maximum absolute atomic E-state index is 13.1. The summed E-state index contributed by atoms with van der Waals surface area (Å²) in [5.74, 6) is 0.381.